The number of pyridine rings is 1. The summed E-state index contributed by atoms with van der Waals surface area (Å²) in [6, 6.07) is 27.2. The van der Waals surface area contributed by atoms with Gasteiger partial charge >= 0.3 is 0 Å². The van der Waals surface area contributed by atoms with Gasteiger partial charge in [0.05, 0.1) is 33.7 Å². The normalized spacial score (nSPS) is 21.2. The lowest BCUT2D eigenvalue weighted by atomic mass is 9.61. The quantitative estimate of drug-likeness (QED) is 0.247. The Kier molecular flexibility index (Phi) is 5.49. The molecule has 216 valence electrons. The maximum absolute atomic E-state index is 13.6. The highest BCUT2D eigenvalue weighted by molar-refractivity contribution is 6.22. The molecule has 44 heavy (non-hydrogen) atoms. The largest absolute Gasteiger partial charge is 0.390 e. The maximum atomic E-state index is 13.6. The minimum atomic E-state index is -0.993. The van der Waals surface area contributed by atoms with Crippen LogP contribution >= 0.6 is 0 Å². The predicted molar refractivity (Wildman–Crippen MR) is 167 cm³/mol. The molecule has 1 N–H and O–H groups in total. The first-order chi connectivity index (χ1) is 21.1. The summed E-state index contributed by atoms with van der Waals surface area (Å²) in [4.78, 5) is 38.3. The van der Waals surface area contributed by atoms with E-state index in [0.717, 1.165) is 50.2 Å². The van der Waals surface area contributed by atoms with Gasteiger partial charge in [0, 0.05) is 41.6 Å². The number of hydrogen-bond donors (Lipinski definition) is 1. The van der Waals surface area contributed by atoms with E-state index in [9.17, 15) is 14.7 Å². The SMILES string of the molecule is Cc1cccc(-c2cc3cnc4cc(C)nn4c3nc2-c2ccc([C@]3(N4C(=O)c5ccccc5C4=O)C[C@@](C)(O)C3)cc2)c1. The zero-order valence-corrected chi connectivity index (χ0v) is 24.6. The summed E-state index contributed by atoms with van der Waals surface area (Å²) in [6.45, 7) is 5.75. The molecule has 0 spiro atoms. The second kappa shape index (κ2) is 9.14. The third-order valence-electron chi connectivity index (χ3n) is 8.97. The maximum Gasteiger partial charge on any atom is 0.262 e. The number of hydrogen-bond acceptors (Lipinski definition) is 6. The van der Waals surface area contributed by atoms with Gasteiger partial charge in [-0.3, -0.25) is 14.5 Å². The lowest BCUT2D eigenvalue weighted by molar-refractivity contribution is -0.118. The van der Waals surface area contributed by atoms with E-state index in [2.05, 4.69) is 41.3 Å². The molecule has 3 aromatic heterocycles. The fraction of sp³-hybridized carbons (Fsp3) is 0.194. The second-order valence-electron chi connectivity index (χ2n) is 12.4. The van der Waals surface area contributed by atoms with Gasteiger partial charge in [0.25, 0.3) is 11.8 Å². The van der Waals surface area contributed by atoms with Crippen molar-refractivity contribution < 1.29 is 14.7 Å². The van der Waals surface area contributed by atoms with Crippen LogP contribution in [0.2, 0.25) is 0 Å². The Morgan fingerprint density at radius 1 is 0.795 bits per heavy atom. The first-order valence-electron chi connectivity index (χ1n) is 14.7. The van der Waals surface area contributed by atoms with Crippen molar-refractivity contribution in [2.75, 3.05) is 0 Å². The van der Waals surface area contributed by atoms with Crippen molar-refractivity contribution >= 4 is 28.5 Å². The minimum absolute atomic E-state index is 0.261. The zero-order chi connectivity index (χ0) is 30.4. The number of imide groups is 1. The van der Waals surface area contributed by atoms with Gasteiger partial charge in [-0.15, -0.1) is 0 Å². The molecule has 4 heterocycles. The van der Waals surface area contributed by atoms with E-state index in [1.807, 2.05) is 49.5 Å². The van der Waals surface area contributed by atoms with Crippen molar-refractivity contribution in [3.8, 4) is 22.4 Å². The highest BCUT2D eigenvalue weighted by Crippen LogP contribution is 2.54. The van der Waals surface area contributed by atoms with Crippen LogP contribution in [-0.2, 0) is 5.54 Å². The van der Waals surface area contributed by atoms with E-state index in [1.54, 1.807) is 35.7 Å². The first kappa shape index (κ1) is 26.4. The molecule has 8 nitrogen and oxygen atoms in total. The van der Waals surface area contributed by atoms with Crippen LogP contribution in [0.4, 0.5) is 0 Å². The topological polar surface area (TPSA) is 101 Å². The average Bonchev–Trinajstić information content (AvgIpc) is 3.51. The molecule has 2 aliphatic rings. The lowest BCUT2D eigenvalue weighted by Gasteiger charge is -2.55. The van der Waals surface area contributed by atoms with E-state index in [1.165, 1.54) is 4.90 Å². The molecule has 1 aliphatic carbocycles. The Morgan fingerprint density at radius 3 is 2.16 bits per heavy atom. The molecule has 8 heteroatoms. The van der Waals surface area contributed by atoms with Crippen LogP contribution in [0, 0.1) is 13.8 Å². The van der Waals surface area contributed by atoms with E-state index in [4.69, 9.17) is 4.98 Å². The van der Waals surface area contributed by atoms with Gasteiger partial charge in [0.15, 0.2) is 11.3 Å². The van der Waals surface area contributed by atoms with Crippen molar-refractivity contribution in [2.24, 2.45) is 0 Å². The number of aryl methyl sites for hydroxylation is 2. The van der Waals surface area contributed by atoms with Crippen molar-refractivity contribution in [3.05, 3.63) is 119 Å². The van der Waals surface area contributed by atoms with Gasteiger partial charge in [0.2, 0.25) is 0 Å². The van der Waals surface area contributed by atoms with Crippen LogP contribution in [0.3, 0.4) is 0 Å². The number of benzene rings is 3. The summed E-state index contributed by atoms with van der Waals surface area (Å²) >= 11 is 0. The van der Waals surface area contributed by atoms with Gasteiger partial charge in [-0.1, -0.05) is 66.2 Å². The van der Waals surface area contributed by atoms with Gasteiger partial charge in [0.1, 0.15) is 0 Å². The van der Waals surface area contributed by atoms with Gasteiger partial charge in [-0.05, 0) is 50.1 Å². The molecule has 0 radical (unpaired) electrons. The second-order valence-corrected chi connectivity index (χ2v) is 12.4. The molecular formula is C36H29N5O3. The number of nitrogens with zero attached hydrogens (tertiary/aromatic N) is 5. The fourth-order valence-electron chi connectivity index (χ4n) is 7.12. The third-order valence-corrected chi connectivity index (χ3v) is 8.97. The van der Waals surface area contributed by atoms with E-state index >= 15 is 0 Å². The molecule has 2 amide bonds. The third kappa shape index (κ3) is 3.84. The number of fused-ring (bicyclic) bond motifs is 4. The highest BCUT2D eigenvalue weighted by atomic mass is 16.3. The van der Waals surface area contributed by atoms with Crippen LogP contribution in [0.1, 0.15) is 57.3 Å². The first-order valence-corrected chi connectivity index (χ1v) is 14.7. The summed E-state index contributed by atoms with van der Waals surface area (Å²) in [7, 11) is 0. The molecular weight excluding hydrogens is 550 g/mol. The van der Waals surface area contributed by atoms with E-state index in [0.29, 0.717) is 16.8 Å². The molecule has 0 bridgehead atoms. The molecule has 1 fully saturated rings. The summed E-state index contributed by atoms with van der Waals surface area (Å²) in [5.41, 5.74) is 6.75. The zero-order valence-electron chi connectivity index (χ0n) is 24.6. The van der Waals surface area contributed by atoms with Crippen molar-refractivity contribution in [1.82, 2.24) is 24.5 Å². The summed E-state index contributed by atoms with van der Waals surface area (Å²) < 4.78 is 1.77. The number of aromatic nitrogens is 4. The molecule has 0 unspecified atom stereocenters. The van der Waals surface area contributed by atoms with Gasteiger partial charge in [-0.25, -0.2) is 9.97 Å². The molecule has 6 aromatic rings. The van der Waals surface area contributed by atoms with Crippen LogP contribution in [0.5, 0.6) is 0 Å². The van der Waals surface area contributed by atoms with Crippen LogP contribution in [0.15, 0.2) is 91.1 Å². The number of carbonyl (C=O) groups excluding carboxylic acids is 2. The van der Waals surface area contributed by atoms with E-state index < -0.39 is 11.1 Å². The van der Waals surface area contributed by atoms with Crippen LogP contribution in [0.25, 0.3) is 39.1 Å². The molecule has 0 saturated heterocycles. The number of rotatable bonds is 4. The average molecular weight is 580 g/mol. The monoisotopic (exact) mass is 579 g/mol. The number of aliphatic hydroxyl groups is 1. The van der Waals surface area contributed by atoms with Crippen molar-refractivity contribution in [2.45, 2.75) is 44.8 Å². The molecule has 1 aliphatic heterocycles. The summed E-state index contributed by atoms with van der Waals surface area (Å²) in [5.74, 6) is -0.648. The standard InChI is InChI=1S/C36H29N5O3/c1-21-7-6-8-24(15-21)29-17-25-18-37-30-16-22(2)39-41(30)32(25)38-31(29)23-11-13-26(14-12-23)36(19-35(3,44)20-36)40-33(42)27-9-4-5-10-28(27)34(40)43/h4-18,44H,19-20H2,1-3H3/t35-,36+. The number of carbonyl (C=O) groups is 2. The molecule has 3 aromatic carbocycles. The summed E-state index contributed by atoms with van der Waals surface area (Å²) in [5, 5.41) is 16.4. The van der Waals surface area contributed by atoms with Crippen molar-refractivity contribution in [1.29, 1.82) is 0 Å². The molecule has 0 atom stereocenters. The Balaban J connectivity index is 1.28. The van der Waals surface area contributed by atoms with Crippen LogP contribution < -0.4 is 0 Å². The highest BCUT2D eigenvalue weighted by Gasteiger charge is 2.60. The number of amides is 2. The van der Waals surface area contributed by atoms with Gasteiger partial charge < -0.3 is 5.11 Å². The smallest absolute Gasteiger partial charge is 0.262 e. The summed E-state index contributed by atoms with van der Waals surface area (Å²) in [6.07, 6.45) is 2.35. The minimum Gasteiger partial charge on any atom is -0.390 e. The predicted octanol–water partition coefficient (Wildman–Crippen LogP) is 6.26. The molecule has 8 rings (SSSR count). The Bertz CT molecular complexity index is 2140. The lowest BCUT2D eigenvalue weighted by Crippen LogP contribution is -2.63. The van der Waals surface area contributed by atoms with Crippen molar-refractivity contribution in [3.63, 3.8) is 0 Å². The van der Waals surface area contributed by atoms with Gasteiger partial charge in [-0.2, -0.15) is 9.61 Å². The Hall–Kier alpha value is -5.21. The molecule has 1 saturated carbocycles. The fourth-order valence-corrected chi connectivity index (χ4v) is 7.12. The van der Waals surface area contributed by atoms with Crippen LogP contribution in [-0.4, -0.2) is 47.0 Å². The Labute approximate surface area is 253 Å². The van der Waals surface area contributed by atoms with E-state index in [-0.39, 0.29) is 24.7 Å². The Morgan fingerprint density at radius 2 is 1.50 bits per heavy atom.